The fraction of sp³-hybridized carbons (Fsp3) is 0.200. The molecule has 0 heterocycles. The third-order valence-electron chi connectivity index (χ3n) is 2.99. The molecule has 0 aliphatic heterocycles. The first kappa shape index (κ1) is 16.0. The number of halogens is 4. The molecule has 0 aliphatic carbocycles. The molecule has 0 amide bonds. The van der Waals surface area contributed by atoms with E-state index in [2.05, 4.69) is 37.2 Å². The molecule has 0 bridgehead atoms. The number of nitrogens with one attached hydrogen (secondary N) is 1. The van der Waals surface area contributed by atoms with Crippen molar-refractivity contribution in [3.05, 3.63) is 67.3 Å². The Morgan fingerprint density at radius 1 is 1.10 bits per heavy atom. The van der Waals surface area contributed by atoms with Crippen LogP contribution in [-0.4, -0.2) is 6.54 Å². The molecule has 0 spiro atoms. The molecule has 20 heavy (non-hydrogen) atoms. The molecule has 5 heteroatoms. The molecule has 2 aromatic rings. The lowest BCUT2D eigenvalue weighted by molar-refractivity contribution is 0.555. The van der Waals surface area contributed by atoms with Crippen molar-refractivity contribution in [3.63, 3.8) is 0 Å². The van der Waals surface area contributed by atoms with Crippen molar-refractivity contribution < 1.29 is 4.39 Å². The summed E-state index contributed by atoms with van der Waals surface area (Å²) >= 11 is 13.0. The lowest BCUT2D eigenvalue weighted by Crippen LogP contribution is -2.23. The molecule has 0 radical (unpaired) electrons. The summed E-state index contributed by atoms with van der Waals surface area (Å²) in [6.45, 7) is 2.69. The van der Waals surface area contributed by atoms with Gasteiger partial charge in [-0.3, -0.25) is 0 Å². The number of hydrogen-bond acceptors (Lipinski definition) is 1. The highest BCUT2D eigenvalue weighted by molar-refractivity contribution is 9.10. The van der Waals surface area contributed by atoms with Crippen LogP contribution in [0, 0.1) is 5.82 Å². The molecule has 1 unspecified atom stereocenters. The van der Waals surface area contributed by atoms with E-state index in [9.17, 15) is 4.39 Å². The lowest BCUT2D eigenvalue weighted by Gasteiger charge is -2.21. The first-order valence-corrected chi connectivity index (χ1v) is 8.13. The van der Waals surface area contributed by atoms with Crippen molar-refractivity contribution in [2.24, 2.45) is 0 Å². The Kier molecular flexibility index (Phi) is 5.61. The van der Waals surface area contributed by atoms with Crippen LogP contribution in [0.1, 0.15) is 24.1 Å². The van der Waals surface area contributed by atoms with Gasteiger partial charge in [0.05, 0.1) is 15.5 Å². The van der Waals surface area contributed by atoms with Crippen molar-refractivity contribution in [3.8, 4) is 0 Å². The zero-order valence-electron chi connectivity index (χ0n) is 10.8. The van der Waals surface area contributed by atoms with E-state index in [1.54, 1.807) is 12.1 Å². The molecule has 1 nitrogen and oxygen atoms in total. The van der Waals surface area contributed by atoms with Gasteiger partial charge in [-0.15, -0.1) is 0 Å². The summed E-state index contributed by atoms with van der Waals surface area (Å²) in [6.07, 6.45) is 0. The Labute approximate surface area is 139 Å². The summed E-state index contributed by atoms with van der Waals surface area (Å²) in [4.78, 5) is 0. The van der Waals surface area contributed by atoms with E-state index in [1.165, 1.54) is 0 Å². The standard InChI is InChI=1S/C15H13Br2ClFN/c1-2-20-15(9-5-3-7-11(16)13(9)18)10-6-4-8-12(17)14(10)19/h3-8,15,20H,2H2,1H3. The van der Waals surface area contributed by atoms with Gasteiger partial charge in [-0.1, -0.05) is 42.8 Å². The van der Waals surface area contributed by atoms with Crippen LogP contribution in [0.15, 0.2) is 45.3 Å². The first-order valence-electron chi connectivity index (χ1n) is 6.17. The Morgan fingerprint density at radius 3 is 2.35 bits per heavy atom. The van der Waals surface area contributed by atoms with Crippen LogP contribution in [0.4, 0.5) is 4.39 Å². The fourth-order valence-corrected chi connectivity index (χ4v) is 3.08. The largest absolute Gasteiger partial charge is 0.306 e. The second-order valence-corrected chi connectivity index (χ2v) is 6.36. The van der Waals surface area contributed by atoms with E-state index in [4.69, 9.17) is 11.6 Å². The maximum Gasteiger partial charge on any atom is 0.142 e. The van der Waals surface area contributed by atoms with E-state index in [0.717, 1.165) is 10.0 Å². The van der Waals surface area contributed by atoms with Crippen molar-refractivity contribution in [1.82, 2.24) is 5.32 Å². The SMILES string of the molecule is CCNC(c1cccc(Br)c1F)c1cccc(Br)c1Cl. The molecule has 0 saturated carbocycles. The first-order chi connectivity index (χ1) is 9.56. The average Bonchev–Trinajstić information content (AvgIpc) is 2.43. The predicted octanol–water partition coefficient (Wildman–Crippen LogP) is 5.70. The monoisotopic (exact) mass is 419 g/mol. The lowest BCUT2D eigenvalue weighted by atomic mass is 9.98. The van der Waals surface area contributed by atoms with Gasteiger partial charge in [0.2, 0.25) is 0 Å². The fourth-order valence-electron chi connectivity index (χ4n) is 2.08. The van der Waals surface area contributed by atoms with Crippen LogP contribution in [0.5, 0.6) is 0 Å². The van der Waals surface area contributed by atoms with E-state index >= 15 is 0 Å². The predicted molar refractivity (Wildman–Crippen MR) is 88.8 cm³/mol. The summed E-state index contributed by atoms with van der Waals surface area (Å²) < 4.78 is 15.6. The van der Waals surface area contributed by atoms with Gasteiger partial charge in [-0.05, 0) is 56.1 Å². The van der Waals surface area contributed by atoms with Crippen molar-refractivity contribution >= 4 is 43.5 Å². The molecule has 0 aliphatic rings. The average molecular weight is 422 g/mol. The molecular weight excluding hydrogens is 408 g/mol. The van der Waals surface area contributed by atoms with Crippen LogP contribution in [0.2, 0.25) is 5.02 Å². The Hall–Kier alpha value is -0.420. The van der Waals surface area contributed by atoms with Gasteiger partial charge >= 0.3 is 0 Å². The summed E-state index contributed by atoms with van der Waals surface area (Å²) in [5, 5.41) is 3.88. The highest BCUT2D eigenvalue weighted by atomic mass is 79.9. The van der Waals surface area contributed by atoms with Crippen LogP contribution < -0.4 is 5.32 Å². The van der Waals surface area contributed by atoms with E-state index in [-0.39, 0.29) is 11.9 Å². The van der Waals surface area contributed by atoms with Crippen LogP contribution >= 0.6 is 43.5 Å². The van der Waals surface area contributed by atoms with Crippen molar-refractivity contribution in [1.29, 1.82) is 0 Å². The van der Waals surface area contributed by atoms with Gasteiger partial charge in [0.15, 0.2) is 0 Å². The van der Waals surface area contributed by atoms with Crippen LogP contribution in [0.3, 0.4) is 0 Å². The normalized spacial score (nSPS) is 12.4. The molecular formula is C15H13Br2ClFN. The zero-order chi connectivity index (χ0) is 14.7. The number of rotatable bonds is 4. The molecule has 0 fully saturated rings. The molecule has 1 atom stereocenters. The Balaban J connectivity index is 2.56. The molecule has 2 rings (SSSR count). The summed E-state index contributed by atoms with van der Waals surface area (Å²) in [5.74, 6) is -0.269. The molecule has 0 aromatic heterocycles. The summed E-state index contributed by atoms with van der Waals surface area (Å²) in [6, 6.07) is 10.6. The van der Waals surface area contributed by atoms with Gasteiger partial charge in [0.1, 0.15) is 5.82 Å². The van der Waals surface area contributed by atoms with Crippen molar-refractivity contribution in [2.75, 3.05) is 6.54 Å². The second-order valence-electron chi connectivity index (χ2n) is 4.28. The summed E-state index contributed by atoms with van der Waals surface area (Å²) in [7, 11) is 0. The minimum atomic E-state index is -0.289. The highest BCUT2D eigenvalue weighted by Gasteiger charge is 2.21. The van der Waals surface area contributed by atoms with Crippen LogP contribution in [-0.2, 0) is 0 Å². The summed E-state index contributed by atoms with van der Waals surface area (Å²) in [5.41, 5.74) is 1.42. The third kappa shape index (κ3) is 3.25. The Bertz CT molecular complexity index is 567. The topological polar surface area (TPSA) is 12.0 Å². The highest BCUT2D eigenvalue weighted by Crippen LogP contribution is 2.35. The quantitative estimate of drug-likeness (QED) is 0.667. The third-order valence-corrected chi connectivity index (χ3v) is 4.92. The van der Waals surface area contributed by atoms with Crippen LogP contribution in [0.25, 0.3) is 0 Å². The van der Waals surface area contributed by atoms with Gasteiger partial charge in [-0.25, -0.2) is 4.39 Å². The van der Waals surface area contributed by atoms with Gasteiger partial charge in [-0.2, -0.15) is 0 Å². The minimum absolute atomic E-state index is 0.269. The minimum Gasteiger partial charge on any atom is -0.306 e. The van der Waals surface area contributed by atoms with E-state index < -0.39 is 0 Å². The zero-order valence-corrected chi connectivity index (χ0v) is 14.7. The molecule has 2 aromatic carbocycles. The number of hydrogen-bond donors (Lipinski definition) is 1. The molecule has 0 saturated heterocycles. The number of benzene rings is 2. The van der Waals surface area contributed by atoms with Gasteiger partial charge in [0, 0.05) is 10.0 Å². The second kappa shape index (κ2) is 7.03. The molecule has 1 N–H and O–H groups in total. The molecule has 106 valence electrons. The Morgan fingerprint density at radius 2 is 1.70 bits per heavy atom. The van der Waals surface area contributed by atoms with Crippen molar-refractivity contribution in [2.45, 2.75) is 13.0 Å². The smallest absolute Gasteiger partial charge is 0.142 e. The van der Waals surface area contributed by atoms with E-state index in [0.29, 0.717) is 21.6 Å². The maximum absolute atomic E-state index is 14.4. The van der Waals surface area contributed by atoms with Gasteiger partial charge in [0.25, 0.3) is 0 Å². The maximum atomic E-state index is 14.4. The van der Waals surface area contributed by atoms with E-state index in [1.807, 2.05) is 31.2 Å². The van der Waals surface area contributed by atoms with Gasteiger partial charge < -0.3 is 5.32 Å².